The van der Waals surface area contributed by atoms with Gasteiger partial charge >= 0.3 is 0 Å². The number of aromatic nitrogens is 3. The van der Waals surface area contributed by atoms with Gasteiger partial charge in [0.1, 0.15) is 12.4 Å². The molecule has 0 saturated carbocycles. The van der Waals surface area contributed by atoms with E-state index in [1.165, 1.54) is 6.08 Å². The minimum absolute atomic E-state index is 0.174. The highest BCUT2D eigenvalue weighted by molar-refractivity contribution is 7.09. The van der Waals surface area contributed by atoms with Crippen molar-refractivity contribution in [2.75, 3.05) is 5.32 Å². The molecule has 0 fully saturated rings. The zero-order chi connectivity index (χ0) is 23.2. The number of ether oxygens (including phenoxy) is 1. The summed E-state index contributed by atoms with van der Waals surface area (Å²) < 4.78 is 7.46. The third-order valence-electron chi connectivity index (χ3n) is 4.78. The number of carbonyl (C=O) groups is 2. The number of ketones is 1. The molecule has 0 aliphatic rings. The zero-order valence-electron chi connectivity index (χ0n) is 18.2. The van der Waals surface area contributed by atoms with E-state index in [-0.39, 0.29) is 11.7 Å². The third kappa shape index (κ3) is 5.81. The first kappa shape index (κ1) is 22.2. The van der Waals surface area contributed by atoms with Crippen molar-refractivity contribution in [2.45, 2.75) is 13.5 Å². The van der Waals surface area contributed by atoms with Gasteiger partial charge in [-0.1, -0.05) is 12.1 Å². The average molecular weight is 459 g/mol. The molecule has 4 rings (SSSR count). The summed E-state index contributed by atoms with van der Waals surface area (Å²) in [5, 5.41) is 5.77. The predicted molar refractivity (Wildman–Crippen MR) is 128 cm³/mol. The van der Waals surface area contributed by atoms with Crippen molar-refractivity contribution in [1.82, 2.24) is 14.5 Å². The number of thiazole rings is 1. The van der Waals surface area contributed by atoms with Gasteiger partial charge in [-0.2, -0.15) is 0 Å². The molecule has 0 spiro atoms. The second-order valence-corrected chi connectivity index (χ2v) is 8.37. The fourth-order valence-corrected chi connectivity index (χ4v) is 3.71. The minimum atomic E-state index is -0.276. The number of rotatable bonds is 8. The first-order valence-corrected chi connectivity index (χ1v) is 11.1. The number of anilines is 1. The van der Waals surface area contributed by atoms with Crippen molar-refractivity contribution in [3.8, 4) is 5.75 Å². The van der Waals surface area contributed by atoms with Crippen LogP contribution in [0.15, 0.2) is 72.4 Å². The van der Waals surface area contributed by atoms with Gasteiger partial charge in [0.2, 0.25) is 11.7 Å². The van der Waals surface area contributed by atoms with Crippen molar-refractivity contribution in [3.05, 3.63) is 100 Å². The Morgan fingerprint density at radius 3 is 2.70 bits per heavy atom. The summed E-state index contributed by atoms with van der Waals surface area (Å²) in [7, 11) is 1.77. The first-order chi connectivity index (χ1) is 16.0. The normalized spacial score (nSPS) is 11.0. The summed E-state index contributed by atoms with van der Waals surface area (Å²) in [6, 6.07) is 14.2. The summed E-state index contributed by atoms with van der Waals surface area (Å²) in [5.41, 5.74) is 2.83. The first-order valence-electron chi connectivity index (χ1n) is 10.2. The Labute approximate surface area is 195 Å². The van der Waals surface area contributed by atoms with Gasteiger partial charge in [-0.25, -0.2) is 9.97 Å². The van der Waals surface area contributed by atoms with Crippen molar-refractivity contribution in [2.24, 2.45) is 7.05 Å². The minimum Gasteiger partial charge on any atom is -0.487 e. The molecule has 0 radical (unpaired) electrons. The lowest BCUT2D eigenvalue weighted by atomic mass is 10.1. The Hall–Kier alpha value is -4.04. The molecular formula is C25H22N4O3S. The number of benzene rings is 2. The highest BCUT2D eigenvalue weighted by atomic mass is 32.1. The van der Waals surface area contributed by atoms with Crippen LogP contribution in [0.2, 0.25) is 0 Å². The topological polar surface area (TPSA) is 86.1 Å². The monoisotopic (exact) mass is 458 g/mol. The van der Waals surface area contributed by atoms with Crippen molar-refractivity contribution < 1.29 is 14.3 Å². The highest BCUT2D eigenvalue weighted by Gasteiger charge is 2.13. The molecule has 2 aromatic carbocycles. The number of nitrogens with one attached hydrogen (secondary N) is 1. The van der Waals surface area contributed by atoms with Gasteiger partial charge in [0.25, 0.3) is 0 Å². The Balaban J connectivity index is 1.33. The van der Waals surface area contributed by atoms with Gasteiger partial charge in [-0.05, 0) is 55.0 Å². The van der Waals surface area contributed by atoms with E-state index in [4.69, 9.17) is 4.74 Å². The van der Waals surface area contributed by atoms with Gasteiger partial charge in [0, 0.05) is 42.1 Å². The number of nitrogens with zero attached hydrogens (tertiary/aromatic N) is 3. The van der Waals surface area contributed by atoms with Crippen LogP contribution in [0.5, 0.6) is 5.75 Å². The molecule has 0 aliphatic heterocycles. The Morgan fingerprint density at radius 2 is 2.00 bits per heavy atom. The third-order valence-corrected chi connectivity index (χ3v) is 5.60. The lowest BCUT2D eigenvalue weighted by molar-refractivity contribution is -0.111. The molecule has 0 atom stereocenters. The largest absolute Gasteiger partial charge is 0.487 e. The van der Waals surface area contributed by atoms with Gasteiger partial charge in [0.05, 0.1) is 10.7 Å². The number of carbonyl (C=O) groups excluding carboxylic acids is 2. The van der Waals surface area contributed by atoms with Crippen molar-refractivity contribution in [3.63, 3.8) is 0 Å². The maximum absolute atomic E-state index is 12.5. The maximum Gasteiger partial charge on any atom is 0.248 e. The van der Waals surface area contributed by atoms with E-state index in [9.17, 15) is 9.59 Å². The van der Waals surface area contributed by atoms with Crippen LogP contribution in [0.4, 0.5) is 5.69 Å². The van der Waals surface area contributed by atoms with E-state index < -0.39 is 0 Å². The molecule has 1 amide bonds. The molecule has 33 heavy (non-hydrogen) atoms. The van der Waals surface area contributed by atoms with Crippen LogP contribution in [0.25, 0.3) is 6.08 Å². The van der Waals surface area contributed by atoms with E-state index in [1.807, 2.05) is 36.6 Å². The summed E-state index contributed by atoms with van der Waals surface area (Å²) in [6.07, 6.45) is 6.47. The Kier molecular flexibility index (Phi) is 6.75. The second kappa shape index (κ2) is 10.1. The van der Waals surface area contributed by atoms with E-state index in [0.717, 1.165) is 16.3 Å². The standard InChI is InChI=1S/C25H22N4O3S/c1-17-27-21(16-33-17)15-32-22-5-3-4-18(14-22)6-11-23(30)28-20-9-7-19(8-10-20)24(31)25-26-12-13-29(25)2/h3-14,16H,15H2,1-2H3,(H,28,30)/b11-6+. The van der Waals surface area contributed by atoms with Crippen molar-refractivity contribution >= 4 is 34.8 Å². The van der Waals surface area contributed by atoms with Crippen LogP contribution >= 0.6 is 11.3 Å². The molecule has 1 N–H and O–H groups in total. The van der Waals surface area contributed by atoms with Crippen LogP contribution in [0.1, 0.15) is 32.4 Å². The fraction of sp³-hybridized carbons (Fsp3) is 0.120. The lowest BCUT2D eigenvalue weighted by Gasteiger charge is -2.06. The molecular weight excluding hydrogens is 436 g/mol. The number of imidazole rings is 1. The van der Waals surface area contributed by atoms with Gasteiger partial charge in [-0.15, -0.1) is 11.3 Å². The van der Waals surface area contributed by atoms with Gasteiger partial charge in [-0.3, -0.25) is 9.59 Å². The lowest BCUT2D eigenvalue weighted by Crippen LogP contribution is -2.10. The number of amides is 1. The van der Waals surface area contributed by atoms with Crippen molar-refractivity contribution in [1.29, 1.82) is 0 Å². The molecule has 0 saturated heterocycles. The fourth-order valence-electron chi connectivity index (χ4n) is 3.11. The molecule has 0 aliphatic carbocycles. The van der Waals surface area contributed by atoms with Gasteiger partial charge in [0.15, 0.2) is 5.82 Å². The van der Waals surface area contributed by atoms with E-state index in [2.05, 4.69) is 15.3 Å². The van der Waals surface area contributed by atoms with Crippen LogP contribution in [0, 0.1) is 6.92 Å². The molecule has 7 nitrogen and oxygen atoms in total. The number of aryl methyl sites for hydroxylation is 2. The molecule has 0 bridgehead atoms. The molecule has 8 heteroatoms. The van der Waals surface area contributed by atoms with E-state index in [1.54, 1.807) is 65.7 Å². The summed E-state index contributed by atoms with van der Waals surface area (Å²) >= 11 is 1.59. The molecule has 166 valence electrons. The predicted octanol–water partition coefficient (Wildman–Crippen LogP) is 4.65. The summed E-state index contributed by atoms with van der Waals surface area (Å²) in [6.45, 7) is 2.36. The van der Waals surface area contributed by atoms with Crippen LogP contribution in [-0.2, 0) is 18.4 Å². The average Bonchev–Trinajstić information content (AvgIpc) is 3.44. The van der Waals surface area contributed by atoms with Crippen LogP contribution in [0.3, 0.4) is 0 Å². The maximum atomic E-state index is 12.5. The number of hydrogen-bond donors (Lipinski definition) is 1. The molecule has 4 aromatic rings. The molecule has 2 heterocycles. The highest BCUT2D eigenvalue weighted by Crippen LogP contribution is 2.18. The van der Waals surface area contributed by atoms with E-state index in [0.29, 0.717) is 29.4 Å². The van der Waals surface area contributed by atoms with E-state index >= 15 is 0 Å². The smallest absolute Gasteiger partial charge is 0.248 e. The molecule has 2 aromatic heterocycles. The van der Waals surface area contributed by atoms with Gasteiger partial charge < -0.3 is 14.6 Å². The number of hydrogen-bond acceptors (Lipinski definition) is 6. The Morgan fingerprint density at radius 1 is 1.18 bits per heavy atom. The molecule has 0 unspecified atom stereocenters. The van der Waals surface area contributed by atoms with Crippen LogP contribution < -0.4 is 10.1 Å². The summed E-state index contributed by atoms with van der Waals surface area (Å²) in [4.78, 5) is 33.3. The van der Waals surface area contributed by atoms with Crippen LogP contribution in [-0.4, -0.2) is 26.2 Å². The second-order valence-electron chi connectivity index (χ2n) is 7.31. The quantitative estimate of drug-likeness (QED) is 0.307. The Bertz CT molecular complexity index is 1310. The summed E-state index contributed by atoms with van der Waals surface area (Å²) in [5.74, 6) is 0.619. The zero-order valence-corrected chi connectivity index (χ0v) is 19.0. The SMILES string of the molecule is Cc1nc(COc2cccc(/C=C/C(=O)Nc3ccc(C(=O)c4nccn4C)cc3)c2)cs1.